The number of carbonyl (C=O) groups is 1. The number of methoxy groups -OCH3 is 1. The molecule has 0 aliphatic carbocycles. The number of carbonyl (C=O) groups excluding carboxylic acids is 1. The average molecular weight is 290 g/mol. The number of aromatic nitrogens is 2. The number of likely N-dealkylation sites (tertiary alicyclic amines) is 1. The summed E-state index contributed by atoms with van der Waals surface area (Å²) in [5, 5.41) is 3.30. The molecule has 2 rings (SSSR count). The normalized spacial score (nSPS) is 15.6. The van der Waals surface area contributed by atoms with Crippen molar-refractivity contribution in [3.63, 3.8) is 0 Å². The lowest BCUT2D eigenvalue weighted by atomic mass is 10.0. The van der Waals surface area contributed by atoms with Crippen LogP contribution in [0.5, 0.6) is 5.88 Å². The van der Waals surface area contributed by atoms with Crippen molar-refractivity contribution in [1.29, 1.82) is 0 Å². The summed E-state index contributed by atoms with van der Waals surface area (Å²) in [5.41, 5.74) is 0. The van der Waals surface area contributed by atoms with E-state index < -0.39 is 0 Å². The van der Waals surface area contributed by atoms with Gasteiger partial charge in [0.25, 0.3) is 0 Å². The van der Waals surface area contributed by atoms with Gasteiger partial charge in [0.05, 0.1) is 7.11 Å². The van der Waals surface area contributed by atoms with Gasteiger partial charge < -0.3 is 15.0 Å². The summed E-state index contributed by atoms with van der Waals surface area (Å²) in [7, 11) is 1.58. The van der Waals surface area contributed by atoms with Crippen molar-refractivity contribution in [3.8, 4) is 5.88 Å². The van der Waals surface area contributed by atoms with E-state index in [4.69, 9.17) is 4.74 Å². The smallest absolute Gasteiger partial charge is 0.226 e. The number of nitrogens with one attached hydrogen (secondary N) is 1. The summed E-state index contributed by atoms with van der Waals surface area (Å²) in [6, 6.07) is 2.01. The van der Waals surface area contributed by atoms with Gasteiger partial charge in [-0.2, -0.15) is 4.98 Å². The first-order valence-corrected chi connectivity index (χ1v) is 7.25. The van der Waals surface area contributed by atoms with E-state index in [1.807, 2.05) is 4.90 Å². The number of nitrogens with zero attached hydrogens (tertiary/aromatic N) is 3. The first-order chi connectivity index (χ1) is 10.2. The number of anilines is 1. The molecule has 1 amide bonds. The van der Waals surface area contributed by atoms with E-state index in [0.29, 0.717) is 24.3 Å². The van der Waals surface area contributed by atoms with Crippen LogP contribution >= 0.6 is 0 Å². The molecule has 1 N–H and O–H groups in total. The predicted octanol–water partition coefficient (Wildman–Crippen LogP) is 1.85. The van der Waals surface area contributed by atoms with Crippen LogP contribution in [0.25, 0.3) is 0 Å². The van der Waals surface area contributed by atoms with Crippen molar-refractivity contribution in [2.24, 2.45) is 0 Å². The highest BCUT2D eigenvalue weighted by Crippen LogP contribution is 2.16. The molecular weight excluding hydrogens is 268 g/mol. The molecule has 1 saturated heterocycles. The topological polar surface area (TPSA) is 67.4 Å². The summed E-state index contributed by atoms with van der Waals surface area (Å²) in [6.45, 7) is 5.20. The Kier molecular flexibility index (Phi) is 5.54. The Labute approximate surface area is 125 Å². The summed E-state index contributed by atoms with van der Waals surface area (Å²) < 4.78 is 5.08. The molecule has 1 aromatic rings. The van der Waals surface area contributed by atoms with Crippen molar-refractivity contribution < 1.29 is 9.53 Å². The minimum Gasteiger partial charge on any atom is -0.481 e. The second kappa shape index (κ2) is 7.61. The van der Waals surface area contributed by atoms with E-state index in [9.17, 15) is 4.79 Å². The third kappa shape index (κ3) is 4.44. The second-order valence-electron chi connectivity index (χ2n) is 5.05. The van der Waals surface area contributed by atoms with E-state index in [0.717, 1.165) is 32.4 Å². The van der Waals surface area contributed by atoms with Crippen LogP contribution in [0.2, 0.25) is 0 Å². The highest BCUT2D eigenvalue weighted by molar-refractivity contribution is 5.76. The maximum atomic E-state index is 11.9. The highest BCUT2D eigenvalue weighted by Gasteiger charge is 2.22. The Morgan fingerprint density at radius 3 is 3.00 bits per heavy atom. The van der Waals surface area contributed by atoms with Gasteiger partial charge in [-0.3, -0.25) is 4.79 Å². The van der Waals surface area contributed by atoms with Gasteiger partial charge in [-0.1, -0.05) is 6.08 Å². The molecule has 0 atom stereocenters. The second-order valence-corrected chi connectivity index (χ2v) is 5.05. The van der Waals surface area contributed by atoms with Gasteiger partial charge in [0.2, 0.25) is 17.7 Å². The quantitative estimate of drug-likeness (QED) is 0.810. The van der Waals surface area contributed by atoms with Crippen molar-refractivity contribution >= 4 is 11.9 Å². The molecule has 1 aliphatic heterocycles. The van der Waals surface area contributed by atoms with Crippen LogP contribution < -0.4 is 10.1 Å². The van der Waals surface area contributed by atoms with Crippen molar-refractivity contribution in [2.45, 2.75) is 31.7 Å². The van der Waals surface area contributed by atoms with Crippen LogP contribution in [0.4, 0.5) is 5.95 Å². The Bertz CT molecular complexity index is 484. The van der Waals surface area contributed by atoms with Crippen LogP contribution in [-0.2, 0) is 4.79 Å². The van der Waals surface area contributed by atoms with Gasteiger partial charge in [-0.05, 0) is 19.3 Å². The van der Waals surface area contributed by atoms with Gasteiger partial charge >= 0.3 is 0 Å². The van der Waals surface area contributed by atoms with Crippen molar-refractivity contribution in [3.05, 3.63) is 24.9 Å². The van der Waals surface area contributed by atoms with E-state index in [1.54, 1.807) is 25.4 Å². The molecule has 0 aromatic carbocycles. The molecular formula is C15H22N4O2. The third-order valence-corrected chi connectivity index (χ3v) is 3.58. The fourth-order valence-corrected chi connectivity index (χ4v) is 2.36. The summed E-state index contributed by atoms with van der Waals surface area (Å²) in [5.74, 6) is 1.33. The number of rotatable bonds is 6. The van der Waals surface area contributed by atoms with Crippen LogP contribution in [0.1, 0.15) is 25.7 Å². The molecule has 0 bridgehead atoms. The Hall–Kier alpha value is -2.11. The Morgan fingerprint density at radius 2 is 2.33 bits per heavy atom. The number of hydrogen-bond acceptors (Lipinski definition) is 5. The zero-order chi connectivity index (χ0) is 15.1. The number of allylic oxidation sites excluding steroid dienone is 1. The molecule has 114 valence electrons. The van der Waals surface area contributed by atoms with E-state index >= 15 is 0 Å². The van der Waals surface area contributed by atoms with E-state index in [1.165, 1.54) is 0 Å². The lowest BCUT2D eigenvalue weighted by Gasteiger charge is -2.32. The maximum absolute atomic E-state index is 11.9. The lowest BCUT2D eigenvalue weighted by molar-refractivity contribution is -0.132. The molecule has 1 aliphatic rings. The standard InChI is InChI=1S/C15H22N4O2/c1-3-4-5-14(20)19-10-7-12(8-11-19)17-15-16-9-6-13(18-15)21-2/h3,6,9,12H,1,4-5,7-8,10-11H2,2H3,(H,16,17,18). The molecule has 1 aromatic heterocycles. The molecule has 0 unspecified atom stereocenters. The van der Waals surface area contributed by atoms with Crippen molar-refractivity contribution in [2.75, 3.05) is 25.5 Å². The van der Waals surface area contributed by atoms with Gasteiger partial charge in [0, 0.05) is 37.8 Å². The number of piperidine rings is 1. The molecule has 6 heteroatoms. The Balaban J connectivity index is 1.81. The van der Waals surface area contributed by atoms with Crippen LogP contribution in [0.15, 0.2) is 24.9 Å². The number of ether oxygens (including phenoxy) is 1. The summed E-state index contributed by atoms with van der Waals surface area (Å²) >= 11 is 0. The highest BCUT2D eigenvalue weighted by atomic mass is 16.5. The van der Waals surface area contributed by atoms with Gasteiger partial charge in [-0.25, -0.2) is 4.98 Å². The molecule has 21 heavy (non-hydrogen) atoms. The number of amides is 1. The van der Waals surface area contributed by atoms with Gasteiger partial charge in [0.1, 0.15) is 0 Å². The van der Waals surface area contributed by atoms with Crippen molar-refractivity contribution in [1.82, 2.24) is 14.9 Å². The molecule has 6 nitrogen and oxygen atoms in total. The number of hydrogen-bond donors (Lipinski definition) is 1. The zero-order valence-corrected chi connectivity index (χ0v) is 12.4. The van der Waals surface area contributed by atoms with Gasteiger partial charge in [-0.15, -0.1) is 6.58 Å². The fourth-order valence-electron chi connectivity index (χ4n) is 2.36. The van der Waals surface area contributed by atoms with E-state index in [2.05, 4.69) is 21.9 Å². The molecule has 2 heterocycles. The zero-order valence-electron chi connectivity index (χ0n) is 12.4. The molecule has 1 fully saturated rings. The minimum absolute atomic E-state index is 0.214. The molecule has 0 spiro atoms. The first kappa shape index (κ1) is 15.3. The molecule has 0 radical (unpaired) electrons. The van der Waals surface area contributed by atoms with Crippen LogP contribution in [-0.4, -0.2) is 47.0 Å². The largest absolute Gasteiger partial charge is 0.481 e. The lowest BCUT2D eigenvalue weighted by Crippen LogP contribution is -2.42. The third-order valence-electron chi connectivity index (χ3n) is 3.58. The first-order valence-electron chi connectivity index (χ1n) is 7.25. The van der Waals surface area contributed by atoms with Crippen LogP contribution in [0.3, 0.4) is 0 Å². The summed E-state index contributed by atoms with van der Waals surface area (Å²) in [6.07, 6.45) is 6.56. The predicted molar refractivity (Wildman–Crippen MR) is 81.2 cm³/mol. The monoisotopic (exact) mass is 290 g/mol. The van der Waals surface area contributed by atoms with E-state index in [-0.39, 0.29) is 5.91 Å². The summed E-state index contributed by atoms with van der Waals surface area (Å²) in [4.78, 5) is 22.3. The maximum Gasteiger partial charge on any atom is 0.226 e. The SMILES string of the molecule is C=CCCC(=O)N1CCC(Nc2nccc(OC)n2)CC1. The minimum atomic E-state index is 0.214. The van der Waals surface area contributed by atoms with Crippen LogP contribution in [0, 0.1) is 0 Å². The van der Waals surface area contributed by atoms with Gasteiger partial charge in [0.15, 0.2) is 0 Å². The average Bonchev–Trinajstić information content (AvgIpc) is 2.53. The molecule has 0 saturated carbocycles. The fraction of sp³-hybridized carbons (Fsp3) is 0.533. The Morgan fingerprint density at radius 1 is 1.57 bits per heavy atom.